The molecule has 0 amide bonds. The molecule has 0 saturated heterocycles. The van der Waals surface area contributed by atoms with E-state index in [2.05, 4.69) is 5.11 Å². The lowest BCUT2D eigenvalue weighted by Crippen LogP contribution is -2.16. The van der Waals surface area contributed by atoms with Crippen molar-refractivity contribution in [2.75, 3.05) is 6.61 Å². The van der Waals surface area contributed by atoms with E-state index in [0.717, 1.165) is 12.1 Å². The molecule has 13 heavy (non-hydrogen) atoms. The van der Waals surface area contributed by atoms with Crippen molar-refractivity contribution in [3.8, 4) is 0 Å². The van der Waals surface area contributed by atoms with Crippen LogP contribution in [-0.2, 0) is 5.92 Å². The third-order valence-electron chi connectivity index (χ3n) is 1.68. The van der Waals surface area contributed by atoms with E-state index in [1.54, 1.807) is 0 Å². The van der Waals surface area contributed by atoms with Crippen LogP contribution in [0.15, 0.2) is 24.3 Å². The zero-order valence-corrected chi connectivity index (χ0v) is 6.77. The van der Waals surface area contributed by atoms with Crippen molar-refractivity contribution in [1.82, 2.24) is 0 Å². The van der Waals surface area contributed by atoms with Crippen LogP contribution in [-0.4, -0.2) is 13.1 Å². The van der Waals surface area contributed by atoms with E-state index in [-0.39, 0.29) is 0 Å². The average molecular weight is 191 g/mol. The molecule has 0 unspecified atom stereocenters. The number of halogens is 3. The Morgan fingerprint density at radius 2 is 2.08 bits per heavy atom. The molecule has 0 spiro atoms. The van der Waals surface area contributed by atoms with Crippen molar-refractivity contribution in [3.63, 3.8) is 0 Å². The van der Waals surface area contributed by atoms with E-state index in [1.165, 1.54) is 12.1 Å². The molecule has 1 aromatic rings. The van der Waals surface area contributed by atoms with Crippen molar-refractivity contribution in [2.24, 2.45) is 0 Å². The lowest BCUT2D eigenvalue weighted by atomic mass is 10.1. The van der Waals surface area contributed by atoms with E-state index in [9.17, 15) is 13.2 Å². The predicted molar refractivity (Wildman–Crippen MR) is 42.0 cm³/mol. The molecule has 4 heteroatoms. The summed E-state index contributed by atoms with van der Waals surface area (Å²) >= 11 is 0. The second-order valence-corrected chi connectivity index (χ2v) is 2.64. The van der Waals surface area contributed by atoms with Crippen LogP contribution in [0.1, 0.15) is 12.0 Å². The van der Waals surface area contributed by atoms with E-state index in [1.807, 2.05) is 0 Å². The first kappa shape index (κ1) is 8.56. The van der Waals surface area contributed by atoms with Crippen LogP contribution in [0.2, 0.25) is 0 Å². The smallest absolute Gasteiger partial charge is 0.278 e. The van der Waals surface area contributed by atoms with Crippen molar-refractivity contribution >= 4 is 0 Å². The van der Waals surface area contributed by atoms with Crippen LogP contribution < -0.4 is 0 Å². The molecule has 0 aliphatic rings. The summed E-state index contributed by atoms with van der Waals surface area (Å²) in [7, 11) is 0. The van der Waals surface area contributed by atoms with Crippen molar-refractivity contribution in [3.05, 3.63) is 35.6 Å². The minimum Gasteiger partial charge on any atom is -0.396 e. The molecule has 0 heterocycles. The Labute approximate surface area is 75.3 Å². The van der Waals surface area contributed by atoms with Gasteiger partial charge in [-0.25, -0.2) is 13.2 Å². The first-order chi connectivity index (χ1) is 6.58. The number of aliphatic hydroxyl groups is 1. The molecule has 0 aliphatic carbocycles. The van der Waals surface area contributed by atoms with Gasteiger partial charge in [-0.05, 0) is 6.07 Å². The van der Waals surface area contributed by atoms with Crippen LogP contribution in [0, 0.1) is 5.82 Å². The molecule has 0 aromatic heterocycles. The molecule has 0 fully saturated rings. The van der Waals surface area contributed by atoms with Gasteiger partial charge >= 0.3 is 0 Å². The summed E-state index contributed by atoms with van der Waals surface area (Å²) in [4.78, 5) is 0. The van der Waals surface area contributed by atoms with E-state index in [4.69, 9.17) is 1.43 Å². The molecule has 72 valence electrons. The zero-order valence-electron chi connectivity index (χ0n) is 7.77. The molecule has 1 nitrogen and oxygen atoms in total. The summed E-state index contributed by atoms with van der Waals surface area (Å²) in [6.45, 7) is -0.429. The third kappa shape index (κ3) is 2.21. The van der Waals surface area contributed by atoms with Gasteiger partial charge in [-0.15, -0.1) is 0 Å². The Morgan fingerprint density at radius 3 is 2.69 bits per heavy atom. The minimum atomic E-state index is -3.29. The van der Waals surface area contributed by atoms with Crippen LogP contribution >= 0.6 is 0 Å². The second-order valence-electron chi connectivity index (χ2n) is 2.64. The zero-order chi connectivity index (χ0) is 10.6. The van der Waals surface area contributed by atoms with Gasteiger partial charge < -0.3 is 5.11 Å². The number of alkyl halides is 2. The summed E-state index contributed by atoms with van der Waals surface area (Å²) in [5.41, 5.74) is -0.656. The lowest BCUT2D eigenvalue weighted by molar-refractivity contribution is -0.0299. The predicted octanol–water partition coefficient (Wildman–Crippen LogP) is 2.30. The summed E-state index contributed by atoms with van der Waals surface area (Å²) in [5, 5.41) is 3.79. The van der Waals surface area contributed by atoms with E-state index >= 15 is 0 Å². The van der Waals surface area contributed by atoms with Crippen LogP contribution in [0.4, 0.5) is 13.2 Å². The van der Waals surface area contributed by atoms with Gasteiger partial charge in [0, 0.05) is 13.0 Å². The fourth-order valence-electron chi connectivity index (χ4n) is 1.02. The molecule has 1 N–H and O–H groups in total. The summed E-state index contributed by atoms with van der Waals surface area (Å²) in [6.07, 6.45) is -0.697. The number of hydrogen-bond acceptors (Lipinski definition) is 1. The molecule has 1 aromatic carbocycles. The van der Waals surface area contributed by atoms with Gasteiger partial charge in [0.05, 0.1) is 5.56 Å². The standard InChI is InChI=1S/C9H9F3O/c10-8-4-2-1-3-7(8)9(11,12)5-6-13/h1-4,13H,5-6H2/i13D. The molecular formula is C9H9F3O. The fraction of sp³-hybridized carbons (Fsp3) is 0.333. The molecule has 0 radical (unpaired) electrons. The summed E-state index contributed by atoms with van der Waals surface area (Å²) < 4.78 is 45.6. The van der Waals surface area contributed by atoms with Crippen LogP contribution in [0.3, 0.4) is 0 Å². The van der Waals surface area contributed by atoms with Gasteiger partial charge in [0.15, 0.2) is 0 Å². The Balaban J connectivity index is 2.86. The fourth-order valence-corrected chi connectivity index (χ4v) is 1.02. The van der Waals surface area contributed by atoms with E-state index in [0.29, 0.717) is 0 Å². The van der Waals surface area contributed by atoms with Gasteiger partial charge in [0.2, 0.25) is 1.43 Å². The number of rotatable bonds is 4. The van der Waals surface area contributed by atoms with Gasteiger partial charge in [-0.3, -0.25) is 0 Å². The molecule has 1 rings (SSSR count). The summed E-state index contributed by atoms with van der Waals surface area (Å²) in [6, 6.07) is 4.69. The molecule has 0 atom stereocenters. The SMILES string of the molecule is [2H]OCCC(F)(F)c1ccccc1F. The molecule has 0 bridgehead atoms. The third-order valence-corrected chi connectivity index (χ3v) is 1.68. The van der Waals surface area contributed by atoms with Gasteiger partial charge in [0.1, 0.15) is 5.82 Å². The largest absolute Gasteiger partial charge is 0.396 e. The Bertz CT molecular complexity index is 304. The molecular weight excluding hydrogens is 181 g/mol. The number of benzene rings is 1. The number of hydrogen-bond donors (Lipinski definition) is 1. The van der Waals surface area contributed by atoms with Crippen molar-refractivity contribution in [2.45, 2.75) is 12.3 Å². The maximum atomic E-state index is 13.2. The summed E-state index contributed by atoms with van der Waals surface area (Å²) in [5.74, 6) is -4.23. The van der Waals surface area contributed by atoms with Crippen LogP contribution in [0.25, 0.3) is 0 Å². The molecule has 0 saturated carbocycles. The topological polar surface area (TPSA) is 20.2 Å². The van der Waals surface area contributed by atoms with E-state index < -0.39 is 30.3 Å². The van der Waals surface area contributed by atoms with Gasteiger partial charge in [-0.1, -0.05) is 18.2 Å². The highest BCUT2D eigenvalue weighted by Gasteiger charge is 2.33. The van der Waals surface area contributed by atoms with Crippen molar-refractivity contribution in [1.29, 1.82) is 1.43 Å². The van der Waals surface area contributed by atoms with Crippen molar-refractivity contribution < 1.29 is 18.3 Å². The normalized spacial score (nSPS) is 12.7. The Morgan fingerprint density at radius 1 is 1.38 bits per heavy atom. The quantitative estimate of drug-likeness (QED) is 0.774. The Hall–Kier alpha value is -1.03. The highest BCUT2D eigenvalue weighted by Crippen LogP contribution is 2.32. The van der Waals surface area contributed by atoms with Gasteiger partial charge in [0.25, 0.3) is 5.92 Å². The highest BCUT2D eigenvalue weighted by molar-refractivity contribution is 5.22. The lowest BCUT2D eigenvalue weighted by Gasteiger charge is -2.15. The second kappa shape index (κ2) is 3.79. The first-order valence-electron chi connectivity index (χ1n) is 4.19. The Kier molecular flexibility index (Phi) is 2.49. The van der Waals surface area contributed by atoms with Gasteiger partial charge in [-0.2, -0.15) is 0 Å². The maximum absolute atomic E-state index is 13.2. The average Bonchev–Trinajstić information content (AvgIpc) is 2.15. The molecule has 0 aliphatic heterocycles. The van der Waals surface area contributed by atoms with Crippen LogP contribution in [0.5, 0.6) is 0 Å². The maximum Gasteiger partial charge on any atom is 0.278 e. The first-order valence-corrected chi connectivity index (χ1v) is 3.79. The minimum absolute atomic E-state index is 0.429. The monoisotopic (exact) mass is 191 g/mol. The number of aliphatic hydroxyl groups excluding tert-OH is 1. The highest BCUT2D eigenvalue weighted by atomic mass is 19.3.